The number of rotatable bonds is 0. The highest BCUT2D eigenvalue weighted by Gasteiger charge is 1.99. The summed E-state index contributed by atoms with van der Waals surface area (Å²) in [5, 5.41) is 0. The highest BCUT2D eigenvalue weighted by molar-refractivity contribution is 7.22. The van der Waals surface area contributed by atoms with E-state index in [1.54, 1.807) is 0 Å². The third kappa shape index (κ3) is 1.24. The lowest BCUT2D eigenvalue weighted by Gasteiger charge is -1.88. The van der Waals surface area contributed by atoms with Crippen molar-refractivity contribution in [3.05, 3.63) is 35.2 Å². The van der Waals surface area contributed by atoms with E-state index >= 15 is 0 Å². The number of benzene rings is 1. The maximum Gasteiger partial charge on any atom is 0.184 e. The SMILES string of the molecule is [CH2]c1ccc2nc(Cl)sc2c1. The average molecular weight is 183 g/mol. The molecule has 0 bridgehead atoms. The Morgan fingerprint density at radius 3 is 3.09 bits per heavy atom. The van der Waals surface area contributed by atoms with Gasteiger partial charge in [0.1, 0.15) is 0 Å². The maximum absolute atomic E-state index is 5.72. The monoisotopic (exact) mass is 182 g/mol. The van der Waals surface area contributed by atoms with E-state index in [2.05, 4.69) is 11.9 Å². The zero-order valence-electron chi connectivity index (χ0n) is 5.67. The largest absolute Gasteiger partial charge is 0.225 e. The van der Waals surface area contributed by atoms with Gasteiger partial charge in [0, 0.05) is 0 Å². The summed E-state index contributed by atoms with van der Waals surface area (Å²) in [6.45, 7) is 3.82. The average Bonchev–Trinajstić information content (AvgIpc) is 2.27. The van der Waals surface area contributed by atoms with E-state index in [1.165, 1.54) is 11.3 Å². The Morgan fingerprint density at radius 1 is 1.45 bits per heavy atom. The summed E-state index contributed by atoms with van der Waals surface area (Å²) in [5.74, 6) is 0. The summed E-state index contributed by atoms with van der Waals surface area (Å²) < 4.78 is 1.69. The van der Waals surface area contributed by atoms with Gasteiger partial charge in [-0.3, -0.25) is 0 Å². The number of fused-ring (bicyclic) bond motifs is 1. The number of hydrogen-bond donors (Lipinski definition) is 0. The van der Waals surface area contributed by atoms with Crippen LogP contribution in [0.1, 0.15) is 5.56 Å². The first-order valence-corrected chi connectivity index (χ1v) is 4.33. The maximum atomic E-state index is 5.72. The molecule has 2 rings (SSSR count). The molecule has 0 fully saturated rings. The van der Waals surface area contributed by atoms with Crippen LogP contribution in [0.25, 0.3) is 10.2 Å². The molecule has 0 spiro atoms. The molecular weight excluding hydrogens is 178 g/mol. The van der Waals surface area contributed by atoms with Crippen LogP contribution in [0.2, 0.25) is 4.47 Å². The molecule has 1 nitrogen and oxygen atoms in total. The van der Waals surface area contributed by atoms with Gasteiger partial charge in [-0.25, -0.2) is 4.98 Å². The molecule has 0 saturated carbocycles. The summed E-state index contributed by atoms with van der Waals surface area (Å²) >= 11 is 7.20. The minimum Gasteiger partial charge on any atom is -0.225 e. The molecule has 55 valence electrons. The zero-order valence-corrected chi connectivity index (χ0v) is 7.25. The third-order valence-corrected chi connectivity index (χ3v) is 2.55. The van der Waals surface area contributed by atoms with Gasteiger partial charge in [0.2, 0.25) is 0 Å². The second kappa shape index (κ2) is 2.47. The summed E-state index contributed by atoms with van der Waals surface area (Å²) in [7, 11) is 0. The van der Waals surface area contributed by atoms with Crippen LogP contribution in [0, 0.1) is 6.92 Å². The van der Waals surface area contributed by atoms with Crippen molar-refractivity contribution < 1.29 is 0 Å². The van der Waals surface area contributed by atoms with Crippen LogP contribution in [0.15, 0.2) is 18.2 Å². The van der Waals surface area contributed by atoms with Crippen LogP contribution in [0.4, 0.5) is 0 Å². The molecule has 0 aliphatic rings. The van der Waals surface area contributed by atoms with Crippen molar-refractivity contribution in [3.63, 3.8) is 0 Å². The number of aromatic nitrogens is 1. The van der Waals surface area contributed by atoms with Gasteiger partial charge >= 0.3 is 0 Å². The molecule has 0 N–H and O–H groups in total. The van der Waals surface area contributed by atoms with Gasteiger partial charge in [0.15, 0.2) is 4.47 Å². The zero-order chi connectivity index (χ0) is 7.84. The van der Waals surface area contributed by atoms with Crippen molar-refractivity contribution in [1.29, 1.82) is 0 Å². The third-order valence-electron chi connectivity index (χ3n) is 1.43. The van der Waals surface area contributed by atoms with Gasteiger partial charge in [-0.05, 0) is 24.6 Å². The van der Waals surface area contributed by atoms with Gasteiger partial charge < -0.3 is 0 Å². The predicted octanol–water partition coefficient (Wildman–Crippen LogP) is 3.13. The molecule has 1 aromatic heterocycles. The summed E-state index contributed by atoms with van der Waals surface area (Å²) in [6, 6.07) is 5.84. The van der Waals surface area contributed by atoms with Crippen LogP contribution in [0.5, 0.6) is 0 Å². The van der Waals surface area contributed by atoms with Gasteiger partial charge in [-0.2, -0.15) is 0 Å². The van der Waals surface area contributed by atoms with Gasteiger partial charge in [0.05, 0.1) is 10.2 Å². The van der Waals surface area contributed by atoms with Crippen molar-refractivity contribution in [1.82, 2.24) is 4.98 Å². The standard InChI is InChI=1S/C8H5ClNS/c1-5-2-3-6-7(4-5)11-8(9)10-6/h2-4H,1H2. The molecule has 1 heterocycles. The fourth-order valence-electron chi connectivity index (χ4n) is 0.941. The van der Waals surface area contributed by atoms with E-state index in [1.807, 2.05) is 18.2 Å². The summed E-state index contributed by atoms with van der Waals surface area (Å²) in [6.07, 6.45) is 0. The van der Waals surface area contributed by atoms with Crippen LogP contribution in [-0.2, 0) is 0 Å². The van der Waals surface area contributed by atoms with Crippen molar-refractivity contribution >= 4 is 33.2 Å². The smallest absolute Gasteiger partial charge is 0.184 e. The van der Waals surface area contributed by atoms with Gasteiger partial charge in [-0.15, -0.1) is 11.3 Å². The van der Waals surface area contributed by atoms with Crippen molar-refractivity contribution in [3.8, 4) is 0 Å². The molecule has 1 aromatic carbocycles. The summed E-state index contributed by atoms with van der Waals surface area (Å²) in [4.78, 5) is 4.11. The predicted molar refractivity (Wildman–Crippen MR) is 49.1 cm³/mol. The molecule has 0 unspecified atom stereocenters. The Labute approximate surface area is 73.6 Å². The molecule has 0 saturated heterocycles. The number of nitrogens with zero attached hydrogens (tertiary/aromatic N) is 1. The Bertz CT molecular complexity index is 394. The molecule has 0 atom stereocenters. The van der Waals surface area contributed by atoms with Crippen molar-refractivity contribution in [2.45, 2.75) is 0 Å². The lowest BCUT2D eigenvalue weighted by molar-refractivity contribution is 1.49. The first-order chi connectivity index (χ1) is 5.25. The van der Waals surface area contributed by atoms with Crippen molar-refractivity contribution in [2.24, 2.45) is 0 Å². The normalized spacial score (nSPS) is 10.7. The Balaban J connectivity index is 2.82. The molecule has 1 radical (unpaired) electrons. The quantitative estimate of drug-likeness (QED) is 0.610. The second-order valence-corrected chi connectivity index (χ2v) is 3.88. The second-order valence-electron chi connectivity index (χ2n) is 2.27. The Kier molecular flexibility index (Phi) is 1.59. The Hall–Kier alpha value is -0.600. The van der Waals surface area contributed by atoms with E-state index in [0.717, 1.165) is 15.8 Å². The first kappa shape index (κ1) is 7.07. The Morgan fingerprint density at radius 2 is 2.27 bits per heavy atom. The molecule has 3 heteroatoms. The van der Waals surface area contributed by atoms with E-state index in [-0.39, 0.29) is 0 Å². The molecule has 0 aliphatic heterocycles. The van der Waals surface area contributed by atoms with Crippen LogP contribution >= 0.6 is 22.9 Å². The van der Waals surface area contributed by atoms with Crippen LogP contribution < -0.4 is 0 Å². The molecule has 0 amide bonds. The highest BCUT2D eigenvalue weighted by atomic mass is 35.5. The van der Waals surface area contributed by atoms with E-state index in [9.17, 15) is 0 Å². The topological polar surface area (TPSA) is 12.9 Å². The molecule has 11 heavy (non-hydrogen) atoms. The number of hydrogen-bond acceptors (Lipinski definition) is 2. The van der Waals surface area contributed by atoms with E-state index < -0.39 is 0 Å². The van der Waals surface area contributed by atoms with Crippen LogP contribution in [0.3, 0.4) is 0 Å². The fourth-order valence-corrected chi connectivity index (χ4v) is 2.04. The molecule has 0 aliphatic carbocycles. The number of thiazole rings is 1. The van der Waals surface area contributed by atoms with Crippen LogP contribution in [-0.4, -0.2) is 4.98 Å². The van der Waals surface area contributed by atoms with Crippen molar-refractivity contribution in [2.75, 3.05) is 0 Å². The molecular formula is C8H5ClNS. The lowest BCUT2D eigenvalue weighted by Crippen LogP contribution is -1.69. The minimum atomic E-state index is 0.589. The minimum absolute atomic E-state index is 0.589. The summed E-state index contributed by atoms with van der Waals surface area (Å²) in [5.41, 5.74) is 1.95. The first-order valence-electron chi connectivity index (χ1n) is 3.14. The lowest BCUT2D eigenvalue weighted by atomic mass is 10.2. The van der Waals surface area contributed by atoms with Gasteiger partial charge in [-0.1, -0.05) is 17.7 Å². The van der Waals surface area contributed by atoms with E-state index in [4.69, 9.17) is 11.6 Å². The fraction of sp³-hybridized carbons (Fsp3) is 0. The molecule has 2 aromatic rings. The van der Waals surface area contributed by atoms with E-state index in [0.29, 0.717) is 4.47 Å². The van der Waals surface area contributed by atoms with Gasteiger partial charge in [0.25, 0.3) is 0 Å². The number of halogens is 1. The highest BCUT2D eigenvalue weighted by Crippen LogP contribution is 2.25.